The van der Waals surface area contributed by atoms with Gasteiger partial charge in [0.15, 0.2) is 17.0 Å². The number of hydrogen-bond acceptors (Lipinski definition) is 8. The maximum atomic E-state index is 9.22. The molecule has 0 spiro atoms. The lowest BCUT2D eigenvalue weighted by atomic mass is 10.1. The molecule has 5 aromatic rings. The SMILES string of the molecule is OCCNc1nc(Nc2nccc3ccccc23)nc2c1ncn2-c1ccsc1. The number of nitrogens with one attached hydrogen (secondary N) is 2. The molecule has 0 unspecified atom stereocenters. The van der Waals surface area contributed by atoms with E-state index in [2.05, 4.69) is 25.6 Å². The highest BCUT2D eigenvalue weighted by molar-refractivity contribution is 7.08. The molecular weight excluding hydrogens is 386 g/mol. The van der Waals surface area contributed by atoms with Gasteiger partial charge in [-0.25, -0.2) is 9.97 Å². The molecule has 0 fully saturated rings. The molecule has 1 aromatic carbocycles. The summed E-state index contributed by atoms with van der Waals surface area (Å²) in [5, 5.41) is 21.7. The number of pyridine rings is 1. The number of aromatic nitrogens is 5. The van der Waals surface area contributed by atoms with Crippen molar-refractivity contribution < 1.29 is 5.11 Å². The first kappa shape index (κ1) is 17.5. The first-order valence-electron chi connectivity index (χ1n) is 9.06. The van der Waals surface area contributed by atoms with Gasteiger partial charge in [-0.2, -0.15) is 21.3 Å². The molecule has 144 valence electrons. The molecule has 8 nitrogen and oxygen atoms in total. The van der Waals surface area contributed by atoms with Crippen LogP contribution in [0.3, 0.4) is 0 Å². The highest BCUT2D eigenvalue weighted by atomic mass is 32.1. The second-order valence-electron chi connectivity index (χ2n) is 6.32. The van der Waals surface area contributed by atoms with Crippen LogP contribution in [0.25, 0.3) is 27.6 Å². The molecule has 0 radical (unpaired) electrons. The summed E-state index contributed by atoms with van der Waals surface area (Å²) in [7, 11) is 0. The van der Waals surface area contributed by atoms with Crippen molar-refractivity contribution in [2.45, 2.75) is 0 Å². The first-order chi connectivity index (χ1) is 14.3. The van der Waals surface area contributed by atoms with Crippen LogP contribution in [-0.4, -0.2) is 42.8 Å². The Morgan fingerprint density at radius 2 is 1.97 bits per heavy atom. The number of hydrogen-bond donors (Lipinski definition) is 3. The lowest BCUT2D eigenvalue weighted by Gasteiger charge is -2.11. The topological polar surface area (TPSA) is 101 Å². The predicted octanol–water partition coefficient (Wildman–Crippen LogP) is 3.57. The number of fused-ring (bicyclic) bond motifs is 2. The Balaban J connectivity index is 1.63. The van der Waals surface area contributed by atoms with Crippen LogP contribution in [0.5, 0.6) is 0 Å². The smallest absolute Gasteiger partial charge is 0.232 e. The normalized spacial score (nSPS) is 11.2. The first-order valence-corrected chi connectivity index (χ1v) is 10.0. The van der Waals surface area contributed by atoms with Gasteiger partial charge in [0.1, 0.15) is 12.1 Å². The molecule has 0 amide bonds. The molecule has 0 saturated heterocycles. The zero-order chi connectivity index (χ0) is 19.6. The van der Waals surface area contributed by atoms with Crippen molar-refractivity contribution in [1.82, 2.24) is 24.5 Å². The molecular formula is C20H17N7OS. The molecule has 5 rings (SSSR count). The molecule has 4 heterocycles. The van der Waals surface area contributed by atoms with Crippen LogP contribution in [0.15, 0.2) is 59.7 Å². The van der Waals surface area contributed by atoms with Gasteiger partial charge in [0, 0.05) is 23.5 Å². The van der Waals surface area contributed by atoms with Gasteiger partial charge in [0.2, 0.25) is 5.95 Å². The van der Waals surface area contributed by atoms with Crippen molar-refractivity contribution in [3.05, 3.63) is 59.7 Å². The van der Waals surface area contributed by atoms with Crippen molar-refractivity contribution in [2.75, 3.05) is 23.8 Å². The number of benzene rings is 1. The summed E-state index contributed by atoms with van der Waals surface area (Å²) >= 11 is 1.61. The van der Waals surface area contributed by atoms with Crippen LogP contribution < -0.4 is 10.6 Å². The Morgan fingerprint density at radius 1 is 1.03 bits per heavy atom. The van der Waals surface area contributed by atoms with E-state index in [-0.39, 0.29) is 6.61 Å². The Kier molecular flexibility index (Phi) is 4.51. The van der Waals surface area contributed by atoms with Gasteiger partial charge in [0.05, 0.1) is 12.3 Å². The average molecular weight is 403 g/mol. The molecule has 0 saturated carbocycles. The minimum absolute atomic E-state index is 0.00955. The van der Waals surface area contributed by atoms with Crippen molar-refractivity contribution >= 4 is 50.9 Å². The molecule has 4 aromatic heterocycles. The predicted molar refractivity (Wildman–Crippen MR) is 115 cm³/mol. The summed E-state index contributed by atoms with van der Waals surface area (Å²) in [6.45, 7) is 0.355. The Bertz CT molecular complexity index is 1280. The van der Waals surface area contributed by atoms with Crippen molar-refractivity contribution in [3.8, 4) is 5.69 Å². The van der Waals surface area contributed by atoms with Gasteiger partial charge in [-0.1, -0.05) is 24.3 Å². The third-order valence-corrected chi connectivity index (χ3v) is 5.16. The molecule has 3 N–H and O–H groups in total. The maximum Gasteiger partial charge on any atom is 0.232 e. The van der Waals surface area contributed by atoms with Gasteiger partial charge in [-0.05, 0) is 22.9 Å². The second kappa shape index (κ2) is 7.46. The van der Waals surface area contributed by atoms with Gasteiger partial charge in [-0.15, -0.1) is 0 Å². The fraction of sp³-hybridized carbons (Fsp3) is 0.100. The molecule has 0 atom stereocenters. The minimum atomic E-state index is -0.00955. The largest absolute Gasteiger partial charge is 0.395 e. The summed E-state index contributed by atoms with van der Waals surface area (Å²) in [5.41, 5.74) is 2.29. The number of rotatable bonds is 6. The third-order valence-electron chi connectivity index (χ3n) is 4.49. The quantitative estimate of drug-likeness (QED) is 0.398. The molecule has 29 heavy (non-hydrogen) atoms. The Labute approximate surface area is 169 Å². The molecule has 0 bridgehead atoms. The average Bonchev–Trinajstić information content (AvgIpc) is 3.42. The second-order valence-corrected chi connectivity index (χ2v) is 7.10. The number of thiophene rings is 1. The van der Waals surface area contributed by atoms with E-state index in [0.717, 1.165) is 16.5 Å². The summed E-state index contributed by atoms with van der Waals surface area (Å²) in [6, 6.07) is 12.0. The lowest BCUT2D eigenvalue weighted by Crippen LogP contribution is -2.10. The summed E-state index contributed by atoms with van der Waals surface area (Å²) in [5.74, 6) is 1.64. The fourth-order valence-electron chi connectivity index (χ4n) is 3.16. The lowest BCUT2D eigenvalue weighted by molar-refractivity contribution is 0.311. The third kappa shape index (κ3) is 3.26. The van der Waals surface area contributed by atoms with E-state index in [1.807, 2.05) is 51.7 Å². The maximum absolute atomic E-state index is 9.22. The van der Waals surface area contributed by atoms with E-state index in [4.69, 9.17) is 4.98 Å². The van der Waals surface area contributed by atoms with Crippen LogP contribution in [-0.2, 0) is 0 Å². The van der Waals surface area contributed by atoms with Crippen LogP contribution in [0.1, 0.15) is 0 Å². The van der Waals surface area contributed by atoms with Crippen LogP contribution in [0.4, 0.5) is 17.6 Å². The summed E-state index contributed by atoms with van der Waals surface area (Å²) < 4.78 is 1.92. The Hall–Kier alpha value is -3.56. The van der Waals surface area contributed by atoms with Crippen molar-refractivity contribution in [3.63, 3.8) is 0 Å². The highest BCUT2D eigenvalue weighted by Gasteiger charge is 2.15. The molecule has 0 aliphatic heterocycles. The van der Waals surface area contributed by atoms with E-state index in [0.29, 0.717) is 35.3 Å². The summed E-state index contributed by atoms with van der Waals surface area (Å²) in [6.07, 6.45) is 3.48. The number of nitrogens with zero attached hydrogens (tertiary/aromatic N) is 5. The number of aliphatic hydroxyl groups is 1. The molecule has 0 aliphatic carbocycles. The van der Waals surface area contributed by atoms with Crippen molar-refractivity contribution in [1.29, 1.82) is 0 Å². The van der Waals surface area contributed by atoms with Crippen LogP contribution in [0.2, 0.25) is 0 Å². The van der Waals surface area contributed by atoms with Crippen LogP contribution in [0, 0.1) is 0 Å². The Morgan fingerprint density at radius 3 is 2.83 bits per heavy atom. The van der Waals surface area contributed by atoms with Gasteiger partial charge in [-0.3, -0.25) is 4.57 Å². The van der Waals surface area contributed by atoms with E-state index in [9.17, 15) is 5.11 Å². The van der Waals surface area contributed by atoms with E-state index < -0.39 is 0 Å². The molecule has 0 aliphatic rings. The standard InChI is InChI=1S/C20H17N7OS/c28-9-8-22-18-16-19(27(12-23-16)14-6-10-29-11-14)26-20(25-18)24-17-15-4-2-1-3-13(15)5-7-21-17/h1-7,10-12,28H,8-9H2,(H2,21,22,24,25,26). The van der Waals surface area contributed by atoms with Gasteiger partial charge < -0.3 is 15.7 Å². The number of aliphatic hydroxyl groups excluding tert-OH is 1. The fourth-order valence-corrected chi connectivity index (χ4v) is 3.79. The number of imidazole rings is 1. The molecule has 9 heteroatoms. The number of anilines is 3. The van der Waals surface area contributed by atoms with E-state index >= 15 is 0 Å². The van der Waals surface area contributed by atoms with E-state index in [1.165, 1.54) is 0 Å². The van der Waals surface area contributed by atoms with Gasteiger partial charge >= 0.3 is 0 Å². The van der Waals surface area contributed by atoms with Gasteiger partial charge in [0.25, 0.3) is 0 Å². The monoisotopic (exact) mass is 403 g/mol. The zero-order valence-corrected chi connectivity index (χ0v) is 16.1. The van der Waals surface area contributed by atoms with Crippen LogP contribution >= 0.6 is 11.3 Å². The minimum Gasteiger partial charge on any atom is -0.395 e. The summed E-state index contributed by atoms with van der Waals surface area (Å²) in [4.78, 5) is 18.2. The van der Waals surface area contributed by atoms with Crippen molar-refractivity contribution in [2.24, 2.45) is 0 Å². The highest BCUT2D eigenvalue weighted by Crippen LogP contribution is 2.27. The van der Waals surface area contributed by atoms with E-state index in [1.54, 1.807) is 23.9 Å². The zero-order valence-electron chi connectivity index (χ0n) is 15.3.